The molecule has 0 atom stereocenters. The summed E-state index contributed by atoms with van der Waals surface area (Å²) in [5.74, 6) is 0. The lowest BCUT2D eigenvalue weighted by Crippen LogP contribution is -2.45. The minimum atomic E-state index is 0.569. The van der Waals surface area contributed by atoms with Crippen LogP contribution < -0.4 is 0 Å². The van der Waals surface area contributed by atoms with E-state index in [1.165, 1.54) is 0 Å². The lowest BCUT2D eigenvalue weighted by molar-refractivity contribution is 0.149. The van der Waals surface area contributed by atoms with Gasteiger partial charge in [0.1, 0.15) is 17.1 Å². The van der Waals surface area contributed by atoms with E-state index in [2.05, 4.69) is 32.0 Å². The highest BCUT2D eigenvalue weighted by Crippen LogP contribution is 2.37. The van der Waals surface area contributed by atoms with Gasteiger partial charge in [-0.3, -0.25) is 4.90 Å². The van der Waals surface area contributed by atoms with Gasteiger partial charge >= 0.3 is 0 Å². The molecule has 4 aromatic rings. The second-order valence-corrected chi connectivity index (χ2v) is 8.61. The molecule has 1 aliphatic heterocycles. The number of aromatic nitrogens is 5. The zero-order valence-corrected chi connectivity index (χ0v) is 18.3. The van der Waals surface area contributed by atoms with E-state index in [4.69, 9.17) is 16.7 Å². The summed E-state index contributed by atoms with van der Waals surface area (Å²) in [4.78, 5) is 9.29. The average Bonchev–Trinajstić information content (AvgIpc) is 3.43. The fourth-order valence-corrected chi connectivity index (χ4v) is 4.63. The van der Waals surface area contributed by atoms with E-state index in [0.717, 1.165) is 61.6 Å². The summed E-state index contributed by atoms with van der Waals surface area (Å²) < 4.78 is 1.93. The van der Waals surface area contributed by atoms with Crippen LogP contribution in [0.25, 0.3) is 33.7 Å². The number of hydrogen-bond donors (Lipinski definition) is 0. The quantitative estimate of drug-likeness (QED) is 0.474. The number of fused-ring (bicyclic) bond motifs is 1. The predicted octanol–water partition coefficient (Wildman–Crippen LogP) is 3.52. The number of halogens is 1. The number of hydrogen-bond acceptors (Lipinski definition) is 7. The van der Waals surface area contributed by atoms with Gasteiger partial charge in [0.25, 0.3) is 0 Å². The van der Waals surface area contributed by atoms with Crippen LogP contribution in [0.15, 0.2) is 41.2 Å². The smallest absolute Gasteiger partial charge is 0.182 e. The van der Waals surface area contributed by atoms with E-state index in [-0.39, 0.29) is 0 Å². The van der Waals surface area contributed by atoms with Crippen molar-refractivity contribution in [1.82, 2.24) is 34.8 Å². The van der Waals surface area contributed by atoms with Crippen LogP contribution in [0.2, 0.25) is 5.02 Å². The number of thiazole rings is 1. The molecule has 5 rings (SSSR count). The van der Waals surface area contributed by atoms with Gasteiger partial charge in [0, 0.05) is 43.7 Å². The van der Waals surface area contributed by atoms with Crippen molar-refractivity contribution in [3.8, 4) is 22.6 Å². The lowest BCUT2D eigenvalue weighted by Gasteiger charge is -2.32. The molecule has 1 aliphatic rings. The number of likely N-dealkylation sites (N-methyl/N-ethyl adjacent to an activating group) is 1. The maximum Gasteiger partial charge on any atom is 0.182 e. The molecular weight excluding hydrogens is 418 g/mol. The number of rotatable bonds is 5. The van der Waals surface area contributed by atoms with Crippen LogP contribution in [0.3, 0.4) is 0 Å². The Bertz CT molecular complexity index is 1140. The average molecular weight is 440 g/mol. The second kappa shape index (κ2) is 8.39. The van der Waals surface area contributed by atoms with Crippen molar-refractivity contribution in [3.63, 3.8) is 0 Å². The molecule has 1 saturated heterocycles. The molecule has 0 unspecified atom stereocenters. The Hall–Kier alpha value is -2.39. The van der Waals surface area contributed by atoms with Gasteiger partial charge in [0.2, 0.25) is 0 Å². The minimum Gasteiger partial charge on any atom is -0.304 e. The number of nitrogens with zero attached hydrogens (tertiary/aromatic N) is 7. The zero-order chi connectivity index (χ0) is 20.5. The molecule has 4 heterocycles. The van der Waals surface area contributed by atoms with Crippen molar-refractivity contribution >= 4 is 34.0 Å². The topological polar surface area (TPSA) is 63.0 Å². The van der Waals surface area contributed by atoms with E-state index in [1.54, 1.807) is 11.3 Å². The Kier molecular flexibility index (Phi) is 5.47. The summed E-state index contributed by atoms with van der Waals surface area (Å²) in [5, 5.41) is 17.2. The van der Waals surface area contributed by atoms with Crippen molar-refractivity contribution in [3.05, 3.63) is 46.2 Å². The fraction of sp³-hybridized carbons (Fsp3) is 0.333. The molecule has 154 valence electrons. The molecule has 0 spiro atoms. The second-order valence-electron chi connectivity index (χ2n) is 7.52. The van der Waals surface area contributed by atoms with Crippen LogP contribution in [0.1, 0.15) is 0 Å². The van der Waals surface area contributed by atoms with E-state index >= 15 is 0 Å². The lowest BCUT2D eigenvalue weighted by atomic mass is 10.1. The largest absolute Gasteiger partial charge is 0.304 e. The molecule has 0 N–H and O–H groups in total. The van der Waals surface area contributed by atoms with Crippen LogP contribution in [0, 0.1) is 0 Å². The summed E-state index contributed by atoms with van der Waals surface area (Å²) in [6.07, 6.45) is 0. The first kappa shape index (κ1) is 19.6. The van der Waals surface area contributed by atoms with Crippen LogP contribution >= 0.6 is 22.9 Å². The highest BCUT2D eigenvalue weighted by molar-refractivity contribution is 7.07. The van der Waals surface area contributed by atoms with E-state index in [0.29, 0.717) is 16.4 Å². The molecule has 30 heavy (non-hydrogen) atoms. The molecule has 0 radical (unpaired) electrons. The summed E-state index contributed by atoms with van der Waals surface area (Å²) in [7, 11) is 2.17. The van der Waals surface area contributed by atoms with Gasteiger partial charge in [-0.25, -0.2) is 9.67 Å². The molecule has 3 aromatic heterocycles. The van der Waals surface area contributed by atoms with Crippen LogP contribution in [0.4, 0.5) is 0 Å². The standard InChI is InChI=1S/C21H22ClN7S/c1-27-7-9-28(10-8-27)11-12-29-21-17(20(26-29)16-13-30-14-23-16)18(22)19(24-25-21)15-5-3-2-4-6-15/h2-6,13-14H,7-12H2,1H3. The SMILES string of the molecule is CN1CCN(CCn2nc(-c3cscn3)c3c(Cl)c(-c4ccccc4)nnc32)CC1. The third kappa shape index (κ3) is 3.72. The van der Waals surface area contributed by atoms with Crippen molar-refractivity contribution in [1.29, 1.82) is 0 Å². The fourth-order valence-electron chi connectivity index (χ4n) is 3.77. The van der Waals surface area contributed by atoms with E-state index in [1.807, 2.05) is 45.9 Å². The Morgan fingerprint density at radius 1 is 1.00 bits per heavy atom. The monoisotopic (exact) mass is 439 g/mol. The van der Waals surface area contributed by atoms with Gasteiger partial charge in [0.15, 0.2) is 5.65 Å². The first-order valence-corrected chi connectivity index (χ1v) is 11.3. The molecular formula is C21H22ClN7S. The molecule has 7 nitrogen and oxygen atoms in total. The van der Waals surface area contributed by atoms with Crippen molar-refractivity contribution in [2.75, 3.05) is 39.8 Å². The third-order valence-corrected chi connectivity index (χ3v) is 6.50. The maximum absolute atomic E-state index is 6.88. The minimum absolute atomic E-state index is 0.569. The van der Waals surface area contributed by atoms with E-state index < -0.39 is 0 Å². The van der Waals surface area contributed by atoms with Crippen LogP contribution in [-0.4, -0.2) is 74.5 Å². The molecule has 0 amide bonds. The molecule has 0 saturated carbocycles. The van der Waals surface area contributed by atoms with Crippen LogP contribution in [0.5, 0.6) is 0 Å². The van der Waals surface area contributed by atoms with Crippen molar-refractivity contribution < 1.29 is 0 Å². The maximum atomic E-state index is 6.88. The highest BCUT2D eigenvalue weighted by atomic mass is 35.5. The molecule has 1 fully saturated rings. The summed E-state index contributed by atoms with van der Waals surface area (Å²) in [6.45, 7) is 5.98. The van der Waals surface area contributed by atoms with Gasteiger partial charge in [-0.2, -0.15) is 5.10 Å². The molecule has 9 heteroatoms. The Morgan fingerprint density at radius 2 is 1.80 bits per heavy atom. The molecule has 0 bridgehead atoms. The molecule has 1 aromatic carbocycles. The van der Waals surface area contributed by atoms with Gasteiger partial charge in [0.05, 0.1) is 22.5 Å². The summed E-state index contributed by atoms with van der Waals surface area (Å²) in [5.41, 5.74) is 5.70. The van der Waals surface area contributed by atoms with Crippen molar-refractivity contribution in [2.24, 2.45) is 0 Å². The van der Waals surface area contributed by atoms with Gasteiger partial charge in [-0.05, 0) is 7.05 Å². The normalized spacial score (nSPS) is 15.8. The van der Waals surface area contributed by atoms with Gasteiger partial charge < -0.3 is 4.90 Å². The van der Waals surface area contributed by atoms with Gasteiger partial charge in [-0.15, -0.1) is 21.5 Å². The molecule has 0 aliphatic carbocycles. The predicted molar refractivity (Wildman–Crippen MR) is 121 cm³/mol. The Balaban J connectivity index is 1.54. The van der Waals surface area contributed by atoms with E-state index in [9.17, 15) is 0 Å². The van der Waals surface area contributed by atoms with Crippen molar-refractivity contribution in [2.45, 2.75) is 6.54 Å². The summed E-state index contributed by atoms with van der Waals surface area (Å²) in [6, 6.07) is 9.89. The van der Waals surface area contributed by atoms with Crippen LogP contribution in [-0.2, 0) is 6.54 Å². The Morgan fingerprint density at radius 3 is 2.53 bits per heavy atom. The zero-order valence-electron chi connectivity index (χ0n) is 16.7. The number of benzene rings is 1. The highest BCUT2D eigenvalue weighted by Gasteiger charge is 2.22. The Labute approximate surface area is 183 Å². The van der Waals surface area contributed by atoms with Gasteiger partial charge in [-0.1, -0.05) is 41.9 Å². The third-order valence-electron chi connectivity index (χ3n) is 5.54. The first-order chi connectivity index (χ1) is 14.7. The first-order valence-electron chi connectivity index (χ1n) is 9.98. The number of piperazine rings is 1. The summed E-state index contributed by atoms with van der Waals surface area (Å²) >= 11 is 8.42.